The van der Waals surface area contributed by atoms with Gasteiger partial charge in [-0.15, -0.1) is 0 Å². The Balaban J connectivity index is 1.45. The minimum atomic E-state index is -0.915. The number of amides is 1. The summed E-state index contributed by atoms with van der Waals surface area (Å²) in [5.74, 6) is -0.815. The van der Waals surface area contributed by atoms with Crippen LogP contribution in [0.25, 0.3) is 22.0 Å². The number of benzene rings is 3. The maximum Gasteiger partial charge on any atom is 0.420 e. The molecule has 0 saturated heterocycles. The molecule has 0 fully saturated rings. The van der Waals surface area contributed by atoms with Gasteiger partial charge in [0.25, 0.3) is 0 Å². The minimum absolute atomic E-state index is 0.0453. The first kappa shape index (κ1) is 27.0. The van der Waals surface area contributed by atoms with Gasteiger partial charge in [0, 0.05) is 23.3 Å². The van der Waals surface area contributed by atoms with Gasteiger partial charge < -0.3 is 14.6 Å². The van der Waals surface area contributed by atoms with Crippen LogP contribution >= 0.6 is 0 Å². The first-order valence-corrected chi connectivity index (χ1v) is 13.3. The molecule has 0 aliphatic heterocycles. The quantitative estimate of drug-likeness (QED) is 0.257. The van der Waals surface area contributed by atoms with E-state index in [0.717, 1.165) is 27.6 Å². The van der Waals surface area contributed by atoms with Gasteiger partial charge in [0.15, 0.2) is 0 Å². The fourth-order valence-corrected chi connectivity index (χ4v) is 5.34. The SMILES string of the molecule is CC(C)(C)OC(=O)n1c(NC(=O)OCC2c3ccccc3-c3ccccc32)c(CCCC(=O)O)c2ccccc21. The summed E-state index contributed by atoms with van der Waals surface area (Å²) in [5.41, 5.74) is 4.86. The van der Waals surface area contributed by atoms with E-state index in [9.17, 15) is 19.5 Å². The number of aromatic nitrogens is 1. The summed E-state index contributed by atoms with van der Waals surface area (Å²) in [6, 6.07) is 23.4. The molecule has 2 N–H and O–H groups in total. The number of para-hydroxylation sites is 1. The fourth-order valence-electron chi connectivity index (χ4n) is 5.34. The Morgan fingerprint density at radius 3 is 2.12 bits per heavy atom. The predicted molar refractivity (Wildman–Crippen MR) is 153 cm³/mol. The maximum absolute atomic E-state index is 13.4. The smallest absolute Gasteiger partial charge is 0.420 e. The molecule has 8 heteroatoms. The number of hydrogen-bond acceptors (Lipinski definition) is 5. The number of hydrogen-bond donors (Lipinski definition) is 2. The molecule has 0 radical (unpaired) electrons. The van der Waals surface area contributed by atoms with Crippen LogP contribution in [0.5, 0.6) is 0 Å². The Kier molecular flexibility index (Phi) is 7.34. The number of anilines is 1. The molecule has 40 heavy (non-hydrogen) atoms. The Bertz CT molecular complexity index is 1550. The number of fused-ring (bicyclic) bond motifs is 4. The molecule has 1 aliphatic carbocycles. The third kappa shape index (κ3) is 5.43. The van der Waals surface area contributed by atoms with Gasteiger partial charge >= 0.3 is 18.2 Å². The van der Waals surface area contributed by atoms with E-state index in [1.165, 1.54) is 4.57 Å². The van der Waals surface area contributed by atoms with E-state index in [1.807, 2.05) is 48.5 Å². The number of nitrogens with zero attached hydrogens (tertiary/aromatic N) is 1. The number of carboxylic acids is 1. The minimum Gasteiger partial charge on any atom is -0.481 e. The molecule has 3 aromatic carbocycles. The fraction of sp³-hybridized carbons (Fsp3) is 0.281. The van der Waals surface area contributed by atoms with Gasteiger partial charge in [-0.2, -0.15) is 0 Å². The van der Waals surface area contributed by atoms with Gasteiger partial charge in [0.1, 0.15) is 18.0 Å². The molecular weight excluding hydrogens is 508 g/mol. The van der Waals surface area contributed by atoms with Gasteiger partial charge in [-0.25, -0.2) is 14.2 Å². The first-order valence-electron chi connectivity index (χ1n) is 13.3. The van der Waals surface area contributed by atoms with E-state index in [1.54, 1.807) is 32.9 Å². The average Bonchev–Trinajstić information content (AvgIpc) is 3.39. The molecule has 4 aromatic rings. The van der Waals surface area contributed by atoms with Crippen molar-refractivity contribution in [3.8, 4) is 11.1 Å². The van der Waals surface area contributed by atoms with Crippen LogP contribution in [0.3, 0.4) is 0 Å². The largest absolute Gasteiger partial charge is 0.481 e. The molecule has 0 spiro atoms. The highest BCUT2D eigenvalue weighted by Gasteiger charge is 2.30. The second-order valence-corrected chi connectivity index (χ2v) is 10.9. The number of nitrogens with one attached hydrogen (secondary N) is 1. The molecule has 206 valence electrons. The summed E-state index contributed by atoms with van der Waals surface area (Å²) in [5, 5.41) is 12.7. The molecule has 5 rings (SSSR count). The van der Waals surface area contributed by atoms with Crippen LogP contribution < -0.4 is 5.32 Å². The number of ether oxygens (including phenoxy) is 2. The lowest BCUT2D eigenvalue weighted by atomic mass is 9.98. The molecule has 0 saturated carbocycles. The lowest BCUT2D eigenvalue weighted by Crippen LogP contribution is -2.29. The Morgan fingerprint density at radius 2 is 1.50 bits per heavy atom. The highest BCUT2D eigenvalue weighted by atomic mass is 16.6. The summed E-state index contributed by atoms with van der Waals surface area (Å²) in [6.45, 7) is 5.41. The molecule has 0 bridgehead atoms. The molecule has 8 nitrogen and oxygen atoms in total. The Hall–Kier alpha value is -4.59. The van der Waals surface area contributed by atoms with Crippen molar-refractivity contribution in [1.82, 2.24) is 4.57 Å². The van der Waals surface area contributed by atoms with Gasteiger partial charge in [-0.3, -0.25) is 10.1 Å². The van der Waals surface area contributed by atoms with Crippen LogP contribution in [0, 0.1) is 0 Å². The molecule has 1 heterocycles. The summed E-state index contributed by atoms with van der Waals surface area (Å²) in [7, 11) is 0. The van der Waals surface area contributed by atoms with E-state index in [4.69, 9.17) is 9.47 Å². The predicted octanol–water partition coefficient (Wildman–Crippen LogP) is 7.19. The molecular formula is C32H32N2O6. The van der Waals surface area contributed by atoms with E-state index in [2.05, 4.69) is 17.4 Å². The van der Waals surface area contributed by atoms with Crippen molar-refractivity contribution < 1.29 is 29.0 Å². The summed E-state index contributed by atoms with van der Waals surface area (Å²) in [6.07, 6.45) is -0.745. The number of carbonyl (C=O) groups excluding carboxylic acids is 2. The van der Waals surface area contributed by atoms with Crippen LogP contribution in [0.15, 0.2) is 72.8 Å². The number of carbonyl (C=O) groups is 3. The topological polar surface area (TPSA) is 107 Å². The maximum atomic E-state index is 13.4. The molecule has 1 aromatic heterocycles. The van der Waals surface area contributed by atoms with Crippen LogP contribution in [-0.4, -0.2) is 40.0 Å². The highest BCUT2D eigenvalue weighted by Crippen LogP contribution is 2.44. The van der Waals surface area contributed by atoms with Crippen molar-refractivity contribution >= 4 is 34.9 Å². The number of aryl methyl sites for hydroxylation is 1. The molecule has 0 unspecified atom stereocenters. The highest BCUT2D eigenvalue weighted by molar-refractivity contribution is 6.01. The molecule has 1 amide bonds. The van der Waals surface area contributed by atoms with Gasteiger partial charge in [-0.1, -0.05) is 66.7 Å². The van der Waals surface area contributed by atoms with E-state index in [0.29, 0.717) is 23.9 Å². The average molecular weight is 541 g/mol. The zero-order valence-corrected chi connectivity index (χ0v) is 22.8. The van der Waals surface area contributed by atoms with Crippen LogP contribution in [0.4, 0.5) is 15.4 Å². The first-order chi connectivity index (χ1) is 19.1. The van der Waals surface area contributed by atoms with E-state index >= 15 is 0 Å². The third-order valence-corrected chi connectivity index (χ3v) is 6.94. The number of carboxylic acid groups (broad SMARTS) is 1. The van der Waals surface area contributed by atoms with Crippen molar-refractivity contribution in [2.45, 2.75) is 51.6 Å². The summed E-state index contributed by atoms with van der Waals surface area (Å²) >= 11 is 0. The van der Waals surface area contributed by atoms with Crippen molar-refractivity contribution in [1.29, 1.82) is 0 Å². The lowest BCUT2D eigenvalue weighted by molar-refractivity contribution is -0.137. The molecule has 1 aliphatic rings. The Morgan fingerprint density at radius 1 is 0.900 bits per heavy atom. The normalized spacial score (nSPS) is 12.6. The van der Waals surface area contributed by atoms with Crippen molar-refractivity contribution in [3.05, 3.63) is 89.5 Å². The van der Waals surface area contributed by atoms with E-state index < -0.39 is 23.8 Å². The summed E-state index contributed by atoms with van der Waals surface area (Å²) in [4.78, 5) is 37.8. The monoisotopic (exact) mass is 540 g/mol. The summed E-state index contributed by atoms with van der Waals surface area (Å²) < 4.78 is 12.8. The van der Waals surface area contributed by atoms with Crippen molar-refractivity contribution in [3.63, 3.8) is 0 Å². The van der Waals surface area contributed by atoms with Crippen molar-refractivity contribution in [2.75, 3.05) is 11.9 Å². The van der Waals surface area contributed by atoms with Crippen molar-refractivity contribution in [2.24, 2.45) is 0 Å². The lowest BCUT2D eigenvalue weighted by Gasteiger charge is -2.21. The van der Waals surface area contributed by atoms with Gasteiger partial charge in [0.2, 0.25) is 0 Å². The standard InChI is InChI=1S/C32H32N2O6/c1-32(2,3)40-31(38)34-27-17-9-8-15-24(27)25(16-10-18-28(35)36)29(34)33-30(37)39-19-26-22-13-6-4-11-20(22)21-12-5-7-14-23(21)26/h4-9,11-15,17,26H,10,16,18-19H2,1-3H3,(H,33,37)(H,35,36). The second-order valence-electron chi connectivity index (χ2n) is 10.9. The van der Waals surface area contributed by atoms with Gasteiger partial charge in [0.05, 0.1) is 5.52 Å². The zero-order valence-electron chi connectivity index (χ0n) is 22.8. The van der Waals surface area contributed by atoms with Crippen LogP contribution in [0.1, 0.15) is 56.2 Å². The van der Waals surface area contributed by atoms with E-state index in [-0.39, 0.29) is 24.8 Å². The van der Waals surface area contributed by atoms with Gasteiger partial charge in [-0.05, 0) is 61.9 Å². The number of rotatable bonds is 7. The second kappa shape index (κ2) is 10.9. The van der Waals surface area contributed by atoms with Crippen LogP contribution in [-0.2, 0) is 20.7 Å². The number of aliphatic carboxylic acids is 1. The molecule has 0 atom stereocenters. The third-order valence-electron chi connectivity index (χ3n) is 6.94. The van der Waals surface area contributed by atoms with Crippen LogP contribution in [0.2, 0.25) is 0 Å². The zero-order chi connectivity index (χ0) is 28.4. The Labute approximate surface area is 232 Å².